The van der Waals surface area contributed by atoms with Crippen LogP contribution in [-0.4, -0.2) is 15.7 Å². The molecule has 0 unspecified atom stereocenters. The summed E-state index contributed by atoms with van der Waals surface area (Å²) >= 11 is 1.95. The third-order valence-electron chi connectivity index (χ3n) is 10.0. The van der Waals surface area contributed by atoms with E-state index in [0.29, 0.717) is 0 Å². The van der Waals surface area contributed by atoms with Crippen LogP contribution in [0, 0.1) is 0 Å². The van der Waals surface area contributed by atoms with Crippen molar-refractivity contribution in [3.05, 3.63) is 103 Å². The lowest BCUT2D eigenvalue weighted by Gasteiger charge is -2.31. The maximum atomic E-state index is 2.69. The highest BCUT2D eigenvalue weighted by Gasteiger charge is 2.41. The molecule has 0 N–H and O–H groups in total. The molecule has 6 aromatic carbocycles. The van der Waals surface area contributed by atoms with Crippen LogP contribution in [0.2, 0.25) is 0 Å². The standard InChI is InChI=1S/C36H17BN2S/c1-3-13-28-24(8-1)30-34-25(17-26-18-7-2-4-14-29(18)40-36(26)30)19-15-16-23-21-10-5-9-20-22-11-6-12-27-33(22)38(32(20)21)35(23)31(19)37(27)39(28)34/h1-17H. The predicted octanol–water partition coefficient (Wildman–Crippen LogP) is 8.26. The number of rotatable bonds is 0. The molecule has 2 aliphatic rings. The zero-order valence-corrected chi connectivity index (χ0v) is 22.0. The van der Waals surface area contributed by atoms with Gasteiger partial charge in [0.15, 0.2) is 0 Å². The topological polar surface area (TPSA) is 9.34 Å². The Morgan fingerprint density at radius 3 is 2.15 bits per heavy atom. The van der Waals surface area contributed by atoms with Gasteiger partial charge in [-0.25, -0.2) is 0 Å². The normalized spacial score (nSPS) is 13.9. The average molecular weight is 520 g/mol. The summed E-state index contributed by atoms with van der Waals surface area (Å²) in [6.07, 6.45) is 0. The molecular weight excluding hydrogens is 503 g/mol. The summed E-state index contributed by atoms with van der Waals surface area (Å²) in [5.74, 6) is 0. The van der Waals surface area contributed by atoms with E-state index < -0.39 is 0 Å². The highest BCUT2D eigenvalue weighted by atomic mass is 32.1. The first-order chi connectivity index (χ1) is 19.9. The van der Waals surface area contributed by atoms with Gasteiger partial charge in [-0.2, -0.15) is 0 Å². The first-order valence-electron chi connectivity index (χ1n) is 14.0. The van der Waals surface area contributed by atoms with Crippen LogP contribution in [0.4, 0.5) is 0 Å². The van der Waals surface area contributed by atoms with Gasteiger partial charge in [-0.3, -0.25) is 0 Å². The molecule has 0 amide bonds. The fourth-order valence-electron chi connectivity index (χ4n) is 8.64. The van der Waals surface area contributed by atoms with Gasteiger partial charge in [-0.15, -0.1) is 11.3 Å². The lowest BCUT2D eigenvalue weighted by atomic mass is 9.46. The van der Waals surface area contributed by atoms with Crippen molar-refractivity contribution in [3.8, 4) is 11.1 Å². The van der Waals surface area contributed by atoms with Crippen molar-refractivity contribution < 1.29 is 0 Å². The van der Waals surface area contributed by atoms with E-state index in [1.54, 1.807) is 0 Å². The maximum Gasteiger partial charge on any atom is 0.333 e. The van der Waals surface area contributed by atoms with Crippen molar-refractivity contribution in [3.63, 3.8) is 0 Å². The minimum atomic E-state index is 0.140. The van der Waals surface area contributed by atoms with Gasteiger partial charge in [0.2, 0.25) is 0 Å². The molecular formula is C36H17BN2S. The predicted molar refractivity (Wildman–Crippen MR) is 173 cm³/mol. The Morgan fingerprint density at radius 1 is 0.525 bits per heavy atom. The quantitative estimate of drug-likeness (QED) is 0.178. The van der Waals surface area contributed by atoms with Gasteiger partial charge in [0.1, 0.15) is 0 Å². The van der Waals surface area contributed by atoms with Crippen LogP contribution in [0.25, 0.3) is 91.2 Å². The molecule has 180 valence electrons. The van der Waals surface area contributed by atoms with Crippen molar-refractivity contribution >= 4 is 109 Å². The molecule has 0 atom stereocenters. The SMILES string of the molecule is c1ccc2c(c1)sc1c2cc2c3c1c1ccccc1n3B1c3cccc4c5cccc6c7ccc-2c1c7n(c34)c56. The summed E-state index contributed by atoms with van der Waals surface area (Å²) in [5, 5.41) is 11.0. The molecule has 40 heavy (non-hydrogen) atoms. The van der Waals surface area contributed by atoms with Gasteiger partial charge in [0, 0.05) is 69.1 Å². The fourth-order valence-corrected chi connectivity index (χ4v) is 9.89. The Hall–Kier alpha value is -4.80. The molecule has 4 aromatic heterocycles. The summed E-state index contributed by atoms with van der Waals surface area (Å²) in [6, 6.07) is 39.2. The summed E-state index contributed by atoms with van der Waals surface area (Å²) in [4.78, 5) is 0. The van der Waals surface area contributed by atoms with E-state index in [1.165, 1.54) is 102 Å². The Morgan fingerprint density at radius 2 is 1.25 bits per heavy atom. The van der Waals surface area contributed by atoms with E-state index in [1.807, 2.05) is 11.3 Å². The fraction of sp³-hybridized carbons (Fsp3) is 0. The molecule has 2 aliphatic heterocycles. The highest BCUT2D eigenvalue weighted by molar-refractivity contribution is 7.26. The molecule has 0 bridgehead atoms. The Labute approximate surface area is 231 Å². The molecule has 0 saturated carbocycles. The van der Waals surface area contributed by atoms with E-state index in [-0.39, 0.29) is 6.85 Å². The van der Waals surface area contributed by atoms with Gasteiger partial charge in [0.25, 0.3) is 0 Å². The largest absolute Gasteiger partial charge is 0.375 e. The van der Waals surface area contributed by atoms with Crippen molar-refractivity contribution in [2.45, 2.75) is 0 Å². The molecule has 4 heteroatoms. The van der Waals surface area contributed by atoms with E-state index in [2.05, 4.69) is 112 Å². The minimum absolute atomic E-state index is 0.140. The van der Waals surface area contributed by atoms with Crippen LogP contribution >= 0.6 is 11.3 Å². The number of aromatic nitrogens is 2. The monoisotopic (exact) mass is 520 g/mol. The smallest absolute Gasteiger partial charge is 0.333 e. The molecule has 0 aliphatic carbocycles. The zero-order valence-electron chi connectivity index (χ0n) is 21.2. The van der Waals surface area contributed by atoms with Gasteiger partial charge >= 0.3 is 6.85 Å². The molecule has 0 radical (unpaired) electrons. The van der Waals surface area contributed by atoms with Gasteiger partial charge < -0.3 is 8.88 Å². The molecule has 0 saturated heterocycles. The van der Waals surface area contributed by atoms with E-state index in [4.69, 9.17) is 0 Å². The highest BCUT2D eigenvalue weighted by Crippen LogP contribution is 2.49. The van der Waals surface area contributed by atoms with Gasteiger partial charge in [0.05, 0.1) is 16.6 Å². The lowest BCUT2D eigenvalue weighted by molar-refractivity contribution is 1.30. The third kappa shape index (κ3) is 1.80. The average Bonchev–Trinajstić information content (AvgIpc) is 3.74. The van der Waals surface area contributed by atoms with Gasteiger partial charge in [-0.05, 0) is 34.7 Å². The van der Waals surface area contributed by atoms with Crippen molar-refractivity contribution in [1.82, 2.24) is 8.88 Å². The second kappa shape index (κ2) is 6.01. The maximum absolute atomic E-state index is 2.69. The summed E-state index contributed by atoms with van der Waals surface area (Å²) < 4.78 is 8.07. The molecule has 0 fully saturated rings. The first kappa shape index (κ1) is 19.3. The van der Waals surface area contributed by atoms with Crippen LogP contribution in [0.5, 0.6) is 0 Å². The molecule has 10 aromatic rings. The van der Waals surface area contributed by atoms with Gasteiger partial charge in [-0.1, -0.05) is 84.9 Å². The summed E-state index contributed by atoms with van der Waals surface area (Å²) in [6.45, 7) is 0.140. The molecule has 12 rings (SSSR count). The number of para-hydroxylation sites is 3. The summed E-state index contributed by atoms with van der Waals surface area (Å²) in [5.41, 5.74) is 12.5. The Bertz CT molecular complexity index is 2830. The third-order valence-corrected chi connectivity index (χ3v) is 11.2. The molecule has 2 nitrogen and oxygen atoms in total. The number of thiophene rings is 1. The first-order valence-corrected chi connectivity index (χ1v) is 14.8. The lowest BCUT2D eigenvalue weighted by Crippen LogP contribution is -2.53. The van der Waals surface area contributed by atoms with Crippen molar-refractivity contribution in [2.75, 3.05) is 0 Å². The van der Waals surface area contributed by atoms with E-state index in [9.17, 15) is 0 Å². The number of hydrogen-bond acceptors (Lipinski definition) is 1. The van der Waals surface area contributed by atoms with Crippen LogP contribution in [0.15, 0.2) is 103 Å². The number of nitrogens with zero attached hydrogens (tertiary/aromatic N) is 2. The van der Waals surface area contributed by atoms with Crippen molar-refractivity contribution in [1.29, 1.82) is 0 Å². The van der Waals surface area contributed by atoms with E-state index in [0.717, 1.165) is 0 Å². The second-order valence-electron chi connectivity index (χ2n) is 11.6. The van der Waals surface area contributed by atoms with Crippen LogP contribution < -0.4 is 10.9 Å². The van der Waals surface area contributed by atoms with E-state index >= 15 is 0 Å². The van der Waals surface area contributed by atoms with Crippen LogP contribution in [-0.2, 0) is 0 Å². The molecule has 0 spiro atoms. The van der Waals surface area contributed by atoms with Crippen LogP contribution in [0.1, 0.15) is 0 Å². The minimum Gasteiger partial charge on any atom is -0.375 e. The molecule has 6 heterocycles. The van der Waals surface area contributed by atoms with Crippen LogP contribution in [0.3, 0.4) is 0 Å². The van der Waals surface area contributed by atoms with Crippen molar-refractivity contribution in [2.24, 2.45) is 0 Å². The summed E-state index contributed by atoms with van der Waals surface area (Å²) in [7, 11) is 0. The Kier molecular flexibility index (Phi) is 2.90. The Balaban J connectivity index is 1.43. The second-order valence-corrected chi connectivity index (χ2v) is 12.7. The number of fused-ring (bicyclic) bond motifs is 12. The number of hydrogen-bond donors (Lipinski definition) is 0. The zero-order chi connectivity index (χ0) is 25.4. The number of benzene rings is 6.